The zero-order valence-corrected chi connectivity index (χ0v) is 12.1. The van der Waals surface area contributed by atoms with Gasteiger partial charge in [0.1, 0.15) is 6.04 Å². The van der Waals surface area contributed by atoms with E-state index in [1.807, 2.05) is 13.8 Å². The van der Waals surface area contributed by atoms with Crippen LogP contribution in [0.15, 0.2) is 18.2 Å². The molecule has 0 bridgehead atoms. The van der Waals surface area contributed by atoms with Crippen LogP contribution in [0, 0.1) is 0 Å². The molecular formula is C15H19NO2S. The fraction of sp³-hybridized carbons (Fsp3) is 0.533. The summed E-state index contributed by atoms with van der Waals surface area (Å²) in [6, 6.07) is 6.12. The molecule has 0 spiro atoms. The Morgan fingerprint density at radius 3 is 2.79 bits per heavy atom. The van der Waals surface area contributed by atoms with Crippen LogP contribution in [0.3, 0.4) is 0 Å². The van der Waals surface area contributed by atoms with Crippen LogP contribution >= 0.6 is 11.8 Å². The van der Waals surface area contributed by atoms with Gasteiger partial charge < -0.3 is 5.11 Å². The third-order valence-corrected chi connectivity index (χ3v) is 5.59. The lowest BCUT2D eigenvalue weighted by Crippen LogP contribution is -2.43. The second-order valence-electron chi connectivity index (χ2n) is 5.92. The summed E-state index contributed by atoms with van der Waals surface area (Å²) >= 11 is 1.71. The van der Waals surface area contributed by atoms with Gasteiger partial charge in [-0.05, 0) is 49.8 Å². The molecule has 1 aromatic carbocycles. The molecule has 102 valence electrons. The van der Waals surface area contributed by atoms with Gasteiger partial charge in [0.25, 0.3) is 0 Å². The average molecular weight is 277 g/mol. The summed E-state index contributed by atoms with van der Waals surface area (Å²) in [4.78, 5) is 11.3. The number of nitrogens with one attached hydrogen (secondary N) is 1. The molecule has 3 rings (SSSR count). The number of benzene rings is 1. The molecule has 1 saturated heterocycles. The van der Waals surface area contributed by atoms with Crippen LogP contribution in [-0.4, -0.2) is 21.9 Å². The number of carboxylic acids is 1. The highest BCUT2D eigenvalue weighted by molar-refractivity contribution is 8.01. The lowest BCUT2D eigenvalue weighted by molar-refractivity contribution is -0.139. The number of thioether (sulfide) groups is 1. The van der Waals surface area contributed by atoms with Gasteiger partial charge in [-0.25, -0.2) is 0 Å². The van der Waals surface area contributed by atoms with Crippen molar-refractivity contribution in [3.8, 4) is 0 Å². The van der Waals surface area contributed by atoms with Gasteiger partial charge in [0.2, 0.25) is 0 Å². The number of rotatable bonds is 2. The van der Waals surface area contributed by atoms with Crippen LogP contribution in [-0.2, 0) is 17.6 Å². The smallest absolute Gasteiger partial charge is 0.322 e. The number of carbonyl (C=O) groups is 1. The van der Waals surface area contributed by atoms with E-state index < -0.39 is 12.0 Å². The van der Waals surface area contributed by atoms with Gasteiger partial charge in [0.05, 0.1) is 5.37 Å². The number of aryl methyl sites for hydroxylation is 2. The molecule has 2 atom stereocenters. The van der Waals surface area contributed by atoms with E-state index in [0.29, 0.717) is 0 Å². The Kier molecular flexibility index (Phi) is 3.10. The van der Waals surface area contributed by atoms with Crippen LogP contribution in [0.4, 0.5) is 0 Å². The summed E-state index contributed by atoms with van der Waals surface area (Å²) in [6.07, 6.45) is 3.59. The standard InChI is InChI=1S/C15H19NO2S/c1-15(2)12(14(17)18)16-13(19-15)11-7-6-9-4-3-5-10(9)8-11/h6-8,12-13,16H,3-5H2,1-2H3,(H,17,18)/t12-,13-/m0/s1. The van der Waals surface area contributed by atoms with E-state index in [0.717, 1.165) is 6.42 Å². The van der Waals surface area contributed by atoms with Crippen molar-refractivity contribution < 1.29 is 9.90 Å². The zero-order valence-electron chi connectivity index (χ0n) is 11.3. The van der Waals surface area contributed by atoms with E-state index in [-0.39, 0.29) is 10.1 Å². The largest absolute Gasteiger partial charge is 0.480 e. The Morgan fingerprint density at radius 2 is 2.11 bits per heavy atom. The van der Waals surface area contributed by atoms with Crippen molar-refractivity contribution in [2.45, 2.75) is 49.3 Å². The van der Waals surface area contributed by atoms with Crippen LogP contribution in [0.25, 0.3) is 0 Å². The maximum Gasteiger partial charge on any atom is 0.322 e. The number of carboxylic acid groups (broad SMARTS) is 1. The van der Waals surface area contributed by atoms with Gasteiger partial charge in [0.15, 0.2) is 0 Å². The molecule has 0 unspecified atom stereocenters. The highest BCUT2D eigenvalue weighted by Crippen LogP contribution is 2.46. The number of aliphatic carboxylic acids is 1. The van der Waals surface area contributed by atoms with Crippen molar-refractivity contribution in [2.75, 3.05) is 0 Å². The number of fused-ring (bicyclic) bond motifs is 1. The first-order chi connectivity index (χ1) is 8.97. The van der Waals surface area contributed by atoms with E-state index in [4.69, 9.17) is 0 Å². The number of hydrogen-bond acceptors (Lipinski definition) is 3. The first-order valence-electron chi connectivity index (χ1n) is 6.76. The minimum absolute atomic E-state index is 0.0852. The molecule has 1 aliphatic carbocycles. The van der Waals surface area contributed by atoms with Crippen molar-refractivity contribution >= 4 is 17.7 Å². The highest BCUT2D eigenvalue weighted by Gasteiger charge is 2.45. The molecular weight excluding hydrogens is 258 g/mol. The predicted molar refractivity (Wildman–Crippen MR) is 77.4 cm³/mol. The molecule has 1 aromatic rings. The molecule has 1 heterocycles. The van der Waals surface area contributed by atoms with Crippen LogP contribution in [0.1, 0.15) is 42.3 Å². The molecule has 0 aromatic heterocycles. The second kappa shape index (κ2) is 4.53. The van der Waals surface area contributed by atoms with E-state index in [2.05, 4.69) is 23.5 Å². The summed E-state index contributed by atoms with van der Waals surface area (Å²) in [5, 5.41) is 12.6. The molecule has 0 radical (unpaired) electrons. The van der Waals surface area contributed by atoms with E-state index >= 15 is 0 Å². The van der Waals surface area contributed by atoms with Gasteiger partial charge in [-0.1, -0.05) is 18.2 Å². The van der Waals surface area contributed by atoms with Crippen molar-refractivity contribution in [1.29, 1.82) is 0 Å². The fourth-order valence-electron chi connectivity index (χ4n) is 3.05. The Bertz CT molecular complexity index is 527. The summed E-state index contributed by atoms with van der Waals surface area (Å²) in [5.41, 5.74) is 4.11. The minimum atomic E-state index is -0.763. The van der Waals surface area contributed by atoms with E-state index in [1.54, 1.807) is 11.8 Å². The maximum absolute atomic E-state index is 11.3. The van der Waals surface area contributed by atoms with Gasteiger partial charge in [0, 0.05) is 4.75 Å². The third-order valence-electron chi connectivity index (χ3n) is 4.11. The highest BCUT2D eigenvalue weighted by atomic mass is 32.2. The normalized spacial score (nSPS) is 28.3. The Hall–Kier alpha value is -1.00. The van der Waals surface area contributed by atoms with Crippen LogP contribution < -0.4 is 5.32 Å². The SMILES string of the molecule is CC1(C)S[C@@H](c2ccc3c(c2)CCC3)N[C@H]1C(=O)O. The third kappa shape index (κ3) is 2.28. The summed E-state index contributed by atoms with van der Waals surface area (Å²) in [5.74, 6) is -0.763. The number of hydrogen-bond donors (Lipinski definition) is 2. The molecule has 0 amide bonds. The van der Waals surface area contributed by atoms with Gasteiger partial charge in [-0.3, -0.25) is 10.1 Å². The lowest BCUT2D eigenvalue weighted by Gasteiger charge is -2.20. The van der Waals surface area contributed by atoms with Crippen molar-refractivity contribution in [3.05, 3.63) is 34.9 Å². The van der Waals surface area contributed by atoms with Crippen LogP contribution in [0.5, 0.6) is 0 Å². The lowest BCUT2D eigenvalue weighted by atomic mass is 10.0. The molecule has 1 fully saturated rings. The fourth-order valence-corrected chi connectivity index (χ4v) is 4.44. The molecule has 19 heavy (non-hydrogen) atoms. The Labute approximate surface area is 117 Å². The van der Waals surface area contributed by atoms with Crippen molar-refractivity contribution in [1.82, 2.24) is 5.32 Å². The second-order valence-corrected chi connectivity index (χ2v) is 7.68. The van der Waals surface area contributed by atoms with E-state index in [1.165, 1.54) is 29.5 Å². The first-order valence-corrected chi connectivity index (χ1v) is 7.64. The average Bonchev–Trinajstić information content (AvgIpc) is 2.91. The van der Waals surface area contributed by atoms with Crippen molar-refractivity contribution in [2.24, 2.45) is 0 Å². The molecule has 2 N–H and O–H groups in total. The Morgan fingerprint density at radius 1 is 1.37 bits per heavy atom. The van der Waals surface area contributed by atoms with Crippen LogP contribution in [0.2, 0.25) is 0 Å². The minimum Gasteiger partial charge on any atom is -0.480 e. The van der Waals surface area contributed by atoms with Gasteiger partial charge in [-0.15, -0.1) is 11.8 Å². The summed E-state index contributed by atoms with van der Waals surface area (Å²) < 4.78 is -0.282. The molecule has 4 heteroatoms. The zero-order chi connectivity index (χ0) is 13.6. The predicted octanol–water partition coefficient (Wildman–Crippen LogP) is 2.74. The molecule has 0 saturated carbocycles. The monoisotopic (exact) mass is 277 g/mol. The van der Waals surface area contributed by atoms with Crippen molar-refractivity contribution in [3.63, 3.8) is 0 Å². The summed E-state index contributed by atoms with van der Waals surface area (Å²) in [6.45, 7) is 3.99. The molecule has 2 aliphatic rings. The topological polar surface area (TPSA) is 49.3 Å². The molecule has 3 nitrogen and oxygen atoms in total. The van der Waals surface area contributed by atoms with Gasteiger partial charge >= 0.3 is 5.97 Å². The Balaban J connectivity index is 1.86. The maximum atomic E-state index is 11.3. The summed E-state index contributed by atoms with van der Waals surface area (Å²) in [7, 11) is 0. The van der Waals surface area contributed by atoms with Gasteiger partial charge in [-0.2, -0.15) is 0 Å². The first kappa shape index (κ1) is 13.0. The quantitative estimate of drug-likeness (QED) is 0.872. The molecule has 1 aliphatic heterocycles. The van der Waals surface area contributed by atoms with E-state index in [9.17, 15) is 9.90 Å².